The van der Waals surface area contributed by atoms with E-state index in [1.165, 1.54) is 0 Å². The molecule has 4 aromatic rings. The number of nitrogens with zero attached hydrogens (tertiary/aromatic N) is 4. The molecule has 4 N–H and O–H groups in total. The van der Waals surface area contributed by atoms with Gasteiger partial charge >= 0.3 is 0 Å². The van der Waals surface area contributed by atoms with Gasteiger partial charge < -0.3 is 15.2 Å². The van der Waals surface area contributed by atoms with Gasteiger partial charge in [0.15, 0.2) is 0 Å². The van der Waals surface area contributed by atoms with Gasteiger partial charge in [-0.2, -0.15) is 4.98 Å². The van der Waals surface area contributed by atoms with Gasteiger partial charge in [-0.05, 0) is 45.8 Å². The molecule has 0 unspecified atom stereocenters. The Morgan fingerprint density at radius 2 is 1.94 bits per heavy atom. The Hall–Kier alpha value is -3.35. The summed E-state index contributed by atoms with van der Waals surface area (Å²) in [5.74, 6) is 0.722. The lowest BCUT2D eigenvalue weighted by Gasteiger charge is -2.10. The van der Waals surface area contributed by atoms with Gasteiger partial charge in [0.25, 0.3) is 0 Å². The smallest absolute Gasteiger partial charge is 0.229 e. The first-order valence-corrected chi connectivity index (χ1v) is 11.8. The minimum Gasteiger partial charge on any atom is -0.365 e. The van der Waals surface area contributed by atoms with E-state index in [2.05, 4.69) is 46.7 Å². The SMILES string of the molecule is NS(=O)(=O)Cc1ccc(Nc2ncc(Br)c(NCc3conc3-c3cccnc3)n2)cc1. The van der Waals surface area contributed by atoms with Gasteiger partial charge in [0.2, 0.25) is 16.0 Å². The molecule has 3 aromatic heterocycles. The van der Waals surface area contributed by atoms with Crippen molar-refractivity contribution in [1.29, 1.82) is 0 Å². The fourth-order valence-electron chi connectivity index (χ4n) is 2.90. The number of nitrogens with one attached hydrogen (secondary N) is 2. The molecule has 0 atom stereocenters. The van der Waals surface area contributed by atoms with E-state index in [9.17, 15) is 8.42 Å². The van der Waals surface area contributed by atoms with Gasteiger partial charge in [-0.25, -0.2) is 18.5 Å². The Morgan fingerprint density at radius 1 is 1.12 bits per heavy atom. The molecule has 0 bridgehead atoms. The molecule has 4 rings (SSSR count). The fourth-order valence-corrected chi connectivity index (χ4v) is 3.89. The molecule has 10 nitrogen and oxygen atoms in total. The summed E-state index contributed by atoms with van der Waals surface area (Å²) in [6, 6.07) is 10.6. The van der Waals surface area contributed by atoms with Crippen LogP contribution < -0.4 is 15.8 Å². The van der Waals surface area contributed by atoms with E-state index in [1.807, 2.05) is 12.1 Å². The van der Waals surface area contributed by atoms with Crippen LogP contribution in [0.15, 0.2) is 70.2 Å². The molecule has 0 amide bonds. The Labute approximate surface area is 192 Å². The second-order valence-corrected chi connectivity index (χ2v) is 9.27. The van der Waals surface area contributed by atoms with Gasteiger partial charge in [-0.1, -0.05) is 17.3 Å². The third-order valence-electron chi connectivity index (χ3n) is 4.35. The van der Waals surface area contributed by atoms with Crippen LogP contribution in [0.4, 0.5) is 17.5 Å². The molecule has 0 saturated carbocycles. The molecule has 3 heterocycles. The largest absolute Gasteiger partial charge is 0.365 e. The Kier molecular flexibility index (Phi) is 6.44. The number of aromatic nitrogens is 4. The van der Waals surface area contributed by atoms with Crippen LogP contribution >= 0.6 is 15.9 Å². The van der Waals surface area contributed by atoms with Crippen molar-refractivity contribution in [2.45, 2.75) is 12.3 Å². The van der Waals surface area contributed by atoms with E-state index in [1.54, 1.807) is 49.1 Å². The first-order valence-electron chi connectivity index (χ1n) is 9.34. The van der Waals surface area contributed by atoms with Crippen LogP contribution in [0.5, 0.6) is 0 Å². The van der Waals surface area contributed by atoms with Gasteiger partial charge in [-0.15, -0.1) is 0 Å². The molecule has 1 aromatic carbocycles. The van der Waals surface area contributed by atoms with Crippen molar-refractivity contribution in [2.75, 3.05) is 10.6 Å². The standard InChI is InChI=1S/C20H18BrN7O3S/c21-17-10-25-20(26-16-5-3-13(4-6-16)12-32(22,29)30)27-19(17)24-9-15-11-31-28-18(15)14-2-1-7-23-8-14/h1-8,10-11H,9,12H2,(H2,22,29,30)(H2,24,25,26,27). The number of sulfonamides is 1. The van der Waals surface area contributed by atoms with Gasteiger partial charge in [0.1, 0.15) is 17.8 Å². The van der Waals surface area contributed by atoms with Crippen molar-refractivity contribution in [1.82, 2.24) is 20.1 Å². The second kappa shape index (κ2) is 9.42. The zero-order valence-corrected chi connectivity index (χ0v) is 19.0. The molecule has 0 saturated heterocycles. The second-order valence-electron chi connectivity index (χ2n) is 6.80. The molecular weight excluding hydrogens is 498 g/mol. The number of halogens is 1. The molecule has 0 radical (unpaired) electrons. The Balaban J connectivity index is 1.45. The van der Waals surface area contributed by atoms with E-state index >= 15 is 0 Å². The van der Waals surface area contributed by atoms with Crippen LogP contribution in [0.1, 0.15) is 11.1 Å². The third kappa shape index (κ3) is 5.66. The highest BCUT2D eigenvalue weighted by Crippen LogP contribution is 2.25. The van der Waals surface area contributed by atoms with Crippen LogP contribution in [0.3, 0.4) is 0 Å². The summed E-state index contributed by atoms with van der Waals surface area (Å²) in [4.78, 5) is 12.9. The molecule has 0 aliphatic carbocycles. The van der Waals surface area contributed by atoms with Gasteiger partial charge in [0.05, 0.1) is 10.2 Å². The molecule has 0 fully saturated rings. The summed E-state index contributed by atoms with van der Waals surface area (Å²) in [7, 11) is -3.58. The number of benzene rings is 1. The average molecular weight is 516 g/mol. The number of hydrogen-bond acceptors (Lipinski definition) is 9. The maximum Gasteiger partial charge on any atom is 0.229 e. The van der Waals surface area contributed by atoms with Gasteiger partial charge in [-0.3, -0.25) is 4.98 Å². The molecular formula is C20H18BrN7O3S. The van der Waals surface area contributed by atoms with Crippen LogP contribution in [-0.2, 0) is 22.3 Å². The first-order chi connectivity index (χ1) is 15.4. The molecule has 12 heteroatoms. The first kappa shape index (κ1) is 21.9. The normalized spacial score (nSPS) is 11.3. The van der Waals surface area contributed by atoms with Crippen molar-refractivity contribution in [3.05, 3.63) is 76.9 Å². The Morgan fingerprint density at radius 3 is 2.66 bits per heavy atom. The van der Waals surface area contributed by atoms with E-state index in [0.717, 1.165) is 11.1 Å². The summed E-state index contributed by atoms with van der Waals surface area (Å²) in [6.45, 7) is 0.422. The zero-order chi connectivity index (χ0) is 22.6. The number of hydrogen-bond donors (Lipinski definition) is 3. The van der Waals surface area contributed by atoms with E-state index in [4.69, 9.17) is 9.66 Å². The fraction of sp³-hybridized carbons (Fsp3) is 0.100. The summed E-state index contributed by atoms with van der Waals surface area (Å²) in [5.41, 5.74) is 3.70. The van der Waals surface area contributed by atoms with Gasteiger partial charge in [0, 0.05) is 41.9 Å². The van der Waals surface area contributed by atoms with Crippen LogP contribution in [0.2, 0.25) is 0 Å². The summed E-state index contributed by atoms with van der Waals surface area (Å²) in [6.07, 6.45) is 6.62. The molecule has 0 spiro atoms. The lowest BCUT2D eigenvalue weighted by atomic mass is 10.1. The number of primary sulfonamides is 1. The van der Waals surface area contributed by atoms with Crippen LogP contribution in [-0.4, -0.2) is 28.5 Å². The van der Waals surface area contributed by atoms with E-state index in [-0.39, 0.29) is 5.75 Å². The molecule has 0 aliphatic heterocycles. The molecule has 0 aliphatic rings. The lowest BCUT2D eigenvalue weighted by molar-refractivity contribution is 0.421. The van der Waals surface area contributed by atoms with Crippen LogP contribution in [0, 0.1) is 0 Å². The topological polar surface area (TPSA) is 149 Å². The minimum atomic E-state index is -3.58. The maximum atomic E-state index is 11.2. The van der Waals surface area contributed by atoms with Crippen molar-refractivity contribution in [3.63, 3.8) is 0 Å². The summed E-state index contributed by atoms with van der Waals surface area (Å²) < 4.78 is 28.3. The Bertz CT molecular complexity index is 1310. The van der Waals surface area contributed by atoms with Crippen molar-refractivity contribution < 1.29 is 12.9 Å². The summed E-state index contributed by atoms with van der Waals surface area (Å²) >= 11 is 3.45. The van der Waals surface area contributed by atoms with Crippen molar-refractivity contribution in [3.8, 4) is 11.3 Å². The van der Waals surface area contributed by atoms with E-state index in [0.29, 0.717) is 39.7 Å². The highest BCUT2D eigenvalue weighted by atomic mass is 79.9. The molecule has 32 heavy (non-hydrogen) atoms. The third-order valence-corrected chi connectivity index (χ3v) is 5.66. The average Bonchev–Trinajstić information content (AvgIpc) is 3.24. The lowest BCUT2D eigenvalue weighted by Crippen LogP contribution is -2.14. The van der Waals surface area contributed by atoms with Crippen molar-refractivity contribution in [2.24, 2.45) is 5.14 Å². The number of nitrogens with two attached hydrogens (primary N) is 1. The summed E-state index contributed by atoms with van der Waals surface area (Å²) in [5, 5.41) is 15.5. The monoisotopic (exact) mass is 515 g/mol. The highest BCUT2D eigenvalue weighted by Gasteiger charge is 2.12. The number of anilines is 3. The van der Waals surface area contributed by atoms with Crippen LogP contribution in [0.25, 0.3) is 11.3 Å². The highest BCUT2D eigenvalue weighted by molar-refractivity contribution is 9.10. The maximum absolute atomic E-state index is 11.2. The predicted molar refractivity (Wildman–Crippen MR) is 123 cm³/mol. The van der Waals surface area contributed by atoms with Crippen molar-refractivity contribution >= 4 is 43.4 Å². The number of rotatable bonds is 8. The van der Waals surface area contributed by atoms with E-state index < -0.39 is 10.0 Å². The zero-order valence-electron chi connectivity index (χ0n) is 16.6. The quantitative estimate of drug-likeness (QED) is 0.320. The molecule has 164 valence electrons. The number of pyridine rings is 1. The predicted octanol–water partition coefficient (Wildman–Crippen LogP) is 3.43. The minimum absolute atomic E-state index is 0.222.